The second-order valence-electron chi connectivity index (χ2n) is 20.6. The van der Waals surface area contributed by atoms with Crippen LogP contribution >= 0.6 is 0 Å². The predicted molar refractivity (Wildman–Crippen MR) is 307 cm³/mol. The normalized spacial score (nSPS) is 12.4. The van der Waals surface area contributed by atoms with Gasteiger partial charge in [-0.15, -0.1) is 0 Å². The maximum atomic E-state index is 12.9. The molecule has 0 heterocycles. The van der Waals surface area contributed by atoms with Gasteiger partial charge in [-0.3, -0.25) is 14.4 Å². The zero-order valence-corrected chi connectivity index (χ0v) is 47.2. The molecule has 0 aliphatic carbocycles. The average molecular weight is 994 g/mol. The molecule has 0 rings (SSSR count). The Bertz CT molecular complexity index is 1280. The van der Waals surface area contributed by atoms with Gasteiger partial charge in [-0.1, -0.05) is 255 Å². The monoisotopic (exact) mass is 993 g/mol. The second kappa shape index (κ2) is 59.7. The van der Waals surface area contributed by atoms with Crippen LogP contribution in [-0.4, -0.2) is 37.2 Å². The molecule has 0 radical (unpaired) electrons. The van der Waals surface area contributed by atoms with Crippen LogP contribution in [0.5, 0.6) is 0 Å². The van der Waals surface area contributed by atoms with Crippen LogP contribution in [0.3, 0.4) is 0 Å². The molecule has 0 amide bonds. The fourth-order valence-electron chi connectivity index (χ4n) is 8.80. The number of rotatable bonds is 56. The van der Waals surface area contributed by atoms with Crippen molar-refractivity contribution in [1.82, 2.24) is 0 Å². The zero-order chi connectivity index (χ0) is 51.4. The molecule has 0 spiro atoms. The lowest BCUT2D eigenvalue weighted by molar-refractivity contribution is -0.167. The largest absolute Gasteiger partial charge is 0.462 e. The van der Waals surface area contributed by atoms with Gasteiger partial charge < -0.3 is 14.2 Å². The molecule has 1 atom stereocenters. The van der Waals surface area contributed by atoms with E-state index in [4.69, 9.17) is 14.2 Å². The van der Waals surface area contributed by atoms with Gasteiger partial charge in [0.25, 0.3) is 0 Å². The fourth-order valence-corrected chi connectivity index (χ4v) is 8.80. The van der Waals surface area contributed by atoms with Crippen molar-refractivity contribution in [2.45, 2.75) is 322 Å². The van der Waals surface area contributed by atoms with Crippen molar-refractivity contribution in [3.63, 3.8) is 0 Å². The maximum absolute atomic E-state index is 12.9. The lowest BCUT2D eigenvalue weighted by atomic mass is 10.1. The molecule has 0 aromatic heterocycles. The molecule has 0 fully saturated rings. The summed E-state index contributed by atoms with van der Waals surface area (Å²) < 4.78 is 16.9. The highest BCUT2D eigenvalue weighted by Gasteiger charge is 2.19. The van der Waals surface area contributed by atoms with Crippen LogP contribution in [0.4, 0.5) is 0 Å². The Kier molecular flexibility index (Phi) is 57.2. The molecular formula is C65H116O6. The lowest BCUT2D eigenvalue weighted by Gasteiger charge is -2.18. The van der Waals surface area contributed by atoms with Crippen LogP contribution in [0.1, 0.15) is 316 Å². The van der Waals surface area contributed by atoms with Crippen molar-refractivity contribution in [2.75, 3.05) is 13.2 Å². The Hall–Kier alpha value is -2.89. The summed E-state index contributed by atoms with van der Waals surface area (Å²) in [6.45, 7) is 6.58. The summed E-state index contributed by atoms with van der Waals surface area (Å²) in [6.07, 6.45) is 75.0. The van der Waals surface area contributed by atoms with E-state index in [1.807, 2.05) is 0 Å². The Morgan fingerprint density at radius 2 is 0.535 bits per heavy atom. The predicted octanol–water partition coefficient (Wildman–Crippen LogP) is 20.8. The molecule has 71 heavy (non-hydrogen) atoms. The summed E-state index contributed by atoms with van der Waals surface area (Å²) in [5.74, 6) is -0.887. The number of unbranched alkanes of at least 4 members (excludes halogenated alkanes) is 35. The van der Waals surface area contributed by atoms with E-state index in [-0.39, 0.29) is 31.1 Å². The number of hydrogen-bond acceptors (Lipinski definition) is 6. The summed E-state index contributed by atoms with van der Waals surface area (Å²) in [5, 5.41) is 0. The highest BCUT2D eigenvalue weighted by Crippen LogP contribution is 2.16. The van der Waals surface area contributed by atoms with Crippen LogP contribution < -0.4 is 0 Å². The molecule has 412 valence electrons. The van der Waals surface area contributed by atoms with E-state index in [9.17, 15) is 14.4 Å². The molecule has 6 heteroatoms. The van der Waals surface area contributed by atoms with Gasteiger partial charge in [-0.05, 0) is 103 Å². The zero-order valence-electron chi connectivity index (χ0n) is 47.2. The Morgan fingerprint density at radius 1 is 0.282 bits per heavy atom. The van der Waals surface area contributed by atoms with E-state index in [0.717, 1.165) is 89.9 Å². The van der Waals surface area contributed by atoms with E-state index < -0.39 is 6.10 Å². The SMILES string of the molecule is CCC/C=C\C/C=C\CCCCCCCC(=O)OCC(COC(=O)CCCCCCCCCCC/C=C\C/C=C\CCCCCCC)OC(=O)CCCCCCCCCCC/C=C\CCCCCCCC. The van der Waals surface area contributed by atoms with Crippen molar-refractivity contribution in [3.8, 4) is 0 Å². The van der Waals surface area contributed by atoms with E-state index >= 15 is 0 Å². The van der Waals surface area contributed by atoms with Crippen molar-refractivity contribution < 1.29 is 28.6 Å². The molecule has 6 nitrogen and oxygen atoms in total. The first-order chi connectivity index (χ1) is 35.0. The number of carbonyl (C=O) groups is 3. The minimum Gasteiger partial charge on any atom is -0.462 e. The second-order valence-corrected chi connectivity index (χ2v) is 20.6. The lowest BCUT2D eigenvalue weighted by Crippen LogP contribution is -2.30. The summed E-state index contributed by atoms with van der Waals surface area (Å²) in [7, 11) is 0. The van der Waals surface area contributed by atoms with Crippen LogP contribution in [0.2, 0.25) is 0 Å². The van der Waals surface area contributed by atoms with Gasteiger partial charge in [0.2, 0.25) is 0 Å². The number of allylic oxidation sites excluding steroid dienone is 10. The summed E-state index contributed by atoms with van der Waals surface area (Å²) >= 11 is 0. The molecule has 0 aromatic carbocycles. The number of esters is 3. The van der Waals surface area contributed by atoms with Crippen molar-refractivity contribution in [3.05, 3.63) is 60.8 Å². The molecule has 0 N–H and O–H groups in total. The van der Waals surface area contributed by atoms with Crippen LogP contribution in [-0.2, 0) is 28.6 Å². The van der Waals surface area contributed by atoms with E-state index in [2.05, 4.69) is 81.5 Å². The molecule has 0 saturated heterocycles. The fraction of sp³-hybridized carbons (Fsp3) is 0.800. The Morgan fingerprint density at radius 3 is 0.845 bits per heavy atom. The molecule has 1 unspecified atom stereocenters. The molecule has 0 bridgehead atoms. The first-order valence-electron chi connectivity index (χ1n) is 30.8. The van der Waals surface area contributed by atoms with Crippen molar-refractivity contribution in [1.29, 1.82) is 0 Å². The smallest absolute Gasteiger partial charge is 0.306 e. The van der Waals surface area contributed by atoms with Gasteiger partial charge in [-0.25, -0.2) is 0 Å². The maximum Gasteiger partial charge on any atom is 0.306 e. The van der Waals surface area contributed by atoms with E-state index in [0.29, 0.717) is 19.3 Å². The van der Waals surface area contributed by atoms with Crippen molar-refractivity contribution in [2.24, 2.45) is 0 Å². The number of hydrogen-bond donors (Lipinski definition) is 0. The Balaban J connectivity index is 4.34. The van der Waals surface area contributed by atoms with E-state index in [1.54, 1.807) is 0 Å². The van der Waals surface area contributed by atoms with Crippen LogP contribution in [0.25, 0.3) is 0 Å². The van der Waals surface area contributed by atoms with Crippen LogP contribution in [0, 0.1) is 0 Å². The van der Waals surface area contributed by atoms with E-state index in [1.165, 1.54) is 186 Å². The standard InChI is InChI=1S/C65H116O6/c1-4-7-10-13-16-19-22-25-27-29-31-32-34-35-37-40-43-46-49-52-55-58-64(67)70-61-62(60-69-63(66)57-54-51-48-45-42-39-24-21-18-15-12-9-6-3)71-65(68)59-56-53-50-47-44-41-38-36-33-30-28-26-23-20-17-14-11-8-5-2/h12,15,21-22,24-26,28-29,31,62H,4-11,13-14,16-20,23,27,30,32-61H2,1-3H3/b15-12-,24-21-,25-22-,28-26-,31-29-. The quantitative estimate of drug-likeness (QED) is 0.0261. The summed E-state index contributed by atoms with van der Waals surface area (Å²) in [5.41, 5.74) is 0. The molecule has 0 saturated carbocycles. The number of carbonyl (C=O) groups excluding carboxylic acids is 3. The van der Waals surface area contributed by atoms with Crippen molar-refractivity contribution >= 4 is 17.9 Å². The first kappa shape index (κ1) is 68.1. The topological polar surface area (TPSA) is 78.9 Å². The summed E-state index contributed by atoms with van der Waals surface area (Å²) in [4.78, 5) is 38.2. The molecular weight excluding hydrogens is 877 g/mol. The third-order valence-corrected chi connectivity index (χ3v) is 13.4. The van der Waals surface area contributed by atoms with Gasteiger partial charge in [-0.2, -0.15) is 0 Å². The average Bonchev–Trinajstić information content (AvgIpc) is 3.37. The third kappa shape index (κ3) is 57.9. The third-order valence-electron chi connectivity index (χ3n) is 13.4. The molecule has 0 aromatic rings. The number of ether oxygens (including phenoxy) is 3. The van der Waals surface area contributed by atoms with Gasteiger partial charge in [0, 0.05) is 19.3 Å². The minimum atomic E-state index is -0.783. The van der Waals surface area contributed by atoms with Gasteiger partial charge in [0.1, 0.15) is 13.2 Å². The van der Waals surface area contributed by atoms with Gasteiger partial charge in [0.15, 0.2) is 6.10 Å². The highest BCUT2D eigenvalue weighted by atomic mass is 16.6. The van der Waals surface area contributed by atoms with Crippen LogP contribution in [0.15, 0.2) is 60.8 Å². The first-order valence-corrected chi connectivity index (χ1v) is 30.8. The molecule has 0 aliphatic rings. The van der Waals surface area contributed by atoms with Gasteiger partial charge in [0.05, 0.1) is 0 Å². The minimum absolute atomic E-state index is 0.0805. The molecule has 0 aliphatic heterocycles. The van der Waals surface area contributed by atoms with Gasteiger partial charge >= 0.3 is 17.9 Å². The highest BCUT2D eigenvalue weighted by molar-refractivity contribution is 5.71. The Labute approximate surface area is 440 Å². The summed E-state index contributed by atoms with van der Waals surface area (Å²) in [6, 6.07) is 0.